The molecule has 0 radical (unpaired) electrons. The van der Waals surface area contributed by atoms with Gasteiger partial charge in [-0.25, -0.2) is 0 Å². The Kier molecular flexibility index (Phi) is 5.22. The summed E-state index contributed by atoms with van der Waals surface area (Å²) in [6, 6.07) is 10.00. The molecule has 1 aliphatic rings. The van der Waals surface area contributed by atoms with Gasteiger partial charge in [-0.3, -0.25) is 4.90 Å². The predicted octanol–water partition coefficient (Wildman–Crippen LogP) is 3.41. The zero-order chi connectivity index (χ0) is 13.0. The zero-order valence-corrected chi connectivity index (χ0v) is 12.9. The fourth-order valence-electron chi connectivity index (χ4n) is 2.67. The van der Waals surface area contributed by atoms with Gasteiger partial charge in [0.25, 0.3) is 0 Å². The van der Waals surface area contributed by atoms with E-state index in [0.717, 1.165) is 13.1 Å². The molecule has 0 amide bonds. The first-order valence-corrected chi connectivity index (χ1v) is 7.74. The molecule has 1 aromatic carbocycles. The standard InChI is InChI=1S/C15H23BrN2/c1-3-14-11-18(15(4-2)9-17-14)10-12-6-5-7-13(16)8-12/h5-8,14-15,17H,3-4,9-11H2,1-2H3. The smallest absolute Gasteiger partial charge is 0.0238 e. The third-order valence-corrected chi connectivity index (χ3v) is 4.35. The molecule has 2 unspecified atom stereocenters. The van der Waals surface area contributed by atoms with Crippen LogP contribution in [0.5, 0.6) is 0 Å². The molecule has 0 aliphatic carbocycles. The van der Waals surface area contributed by atoms with Crippen molar-refractivity contribution in [3.8, 4) is 0 Å². The van der Waals surface area contributed by atoms with E-state index in [-0.39, 0.29) is 0 Å². The van der Waals surface area contributed by atoms with Crippen molar-refractivity contribution in [1.82, 2.24) is 10.2 Å². The van der Waals surface area contributed by atoms with Gasteiger partial charge < -0.3 is 5.32 Å². The van der Waals surface area contributed by atoms with Gasteiger partial charge in [0.1, 0.15) is 0 Å². The SMILES string of the molecule is CCC1CN(Cc2cccc(Br)c2)C(CC)CN1. The maximum Gasteiger partial charge on any atom is 0.0238 e. The Morgan fingerprint density at radius 2 is 2.17 bits per heavy atom. The largest absolute Gasteiger partial charge is 0.311 e. The molecule has 0 spiro atoms. The Morgan fingerprint density at radius 1 is 1.33 bits per heavy atom. The normalized spacial score (nSPS) is 25.3. The lowest BCUT2D eigenvalue weighted by Gasteiger charge is -2.40. The highest BCUT2D eigenvalue weighted by Gasteiger charge is 2.25. The molecule has 2 atom stereocenters. The second-order valence-electron chi connectivity index (χ2n) is 5.13. The summed E-state index contributed by atoms with van der Waals surface area (Å²) in [6.07, 6.45) is 2.43. The van der Waals surface area contributed by atoms with Crippen molar-refractivity contribution < 1.29 is 0 Å². The number of hydrogen-bond donors (Lipinski definition) is 1. The first-order valence-electron chi connectivity index (χ1n) is 6.94. The highest BCUT2D eigenvalue weighted by Crippen LogP contribution is 2.18. The lowest BCUT2D eigenvalue weighted by Crippen LogP contribution is -2.55. The number of hydrogen-bond acceptors (Lipinski definition) is 2. The van der Waals surface area contributed by atoms with Crippen LogP contribution in [-0.2, 0) is 6.54 Å². The molecular formula is C15H23BrN2. The van der Waals surface area contributed by atoms with Crippen molar-refractivity contribution in [3.05, 3.63) is 34.3 Å². The van der Waals surface area contributed by atoms with E-state index in [4.69, 9.17) is 0 Å². The van der Waals surface area contributed by atoms with E-state index in [1.807, 2.05) is 0 Å². The van der Waals surface area contributed by atoms with Crippen LogP contribution in [0.25, 0.3) is 0 Å². The van der Waals surface area contributed by atoms with Crippen LogP contribution in [0.3, 0.4) is 0 Å². The van der Waals surface area contributed by atoms with Gasteiger partial charge in [-0.05, 0) is 30.5 Å². The molecule has 1 heterocycles. The van der Waals surface area contributed by atoms with Crippen LogP contribution in [0, 0.1) is 0 Å². The van der Waals surface area contributed by atoms with Crippen molar-refractivity contribution in [2.24, 2.45) is 0 Å². The summed E-state index contributed by atoms with van der Waals surface area (Å²) in [6.45, 7) is 7.91. The first-order chi connectivity index (χ1) is 8.72. The van der Waals surface area contributed by atoms with Crippen LogP contribution in [0.15, 0.2) is 28.7 Å². The van der Waals surface area contributed by atoms with Crippen molar-refractivity contribution in [2.75, 3.05) is 13.1 Å². The minimum absolute atomic E-state index is 0.653. The minimum atomic E-state index is 0.653. The van der Waals surface area contributed by atoms with E-state index in [2.05, 4.69) is 64.3 Å². The van der Waals surface area contributed by atoms with E-state index in [1.54, 1.807) is 0 Å². The number of piperazine rings is 1. The Hall–Kier alpha value is -0.380. The summed E-state index contributed by atoms with van der Waals surface area (Å²) >= 11 is 3.55. The zero-order valence-electron chi connectivity index (χ0n) is 11.3. The van der Waals surface area contributed by atoms with Gasteiger partial charge in [0, 0.05) is 36.2 Å². The van der Waals surface area contributed by atoms with E-state index < -0.39 is 0 Å². The van der Waals surface area contributed by atoms with Gasteiger partial charge in [0.15, 0.2) is 0 Å². The molecule has 1 aliphatic heterocycles. The van der Waals surface area contributed by atoms with E-state index in [9.17, 15) is 0 Å². The quantitative estimate of drug-likeness (QED) is 0.917. The summed E-state index contributed by atoms with van der Waals surface area (Å²) in [5, 5.41) is 3.65. The van der Waals surface area contributed by atoms with Crippen LogP contribution in [0.2, 0.25) is 0 Å². The third-order valence-electron chi connectivity index (χ3n) is 3.85. The Labute approximate surface area is 119 Å². The fourth-order valence-corrected chi connectivity index (χ4v) is 3.11. The number of rotatable bonds is 4. The number of nitrogens with zero attached hydrogens (tertiary/aromatic N) is 1. The predicted molar refractivity (Wildman–Crippen MR) is 80.7 cm³/mol. The van der Waals surface area contributed by atoms with Gasteiger partial charge in [-0.2, -0.15) is 0 Å². The van der Waals surface area contributed by atoms with Crippen LogP contribution < -0.4 is 5.32 Å². The van der Waals surface area contributed by atoms with E-state index in [1.165, 1.54) is 29.4 Å². The molecule has 1 saturated heterocycles. The summed E-state index contributed by atoms with van der Waals surface area (Å²) in [7, 11) is 0. The molecule has 0 bridgehead atoms. The Bertz CT molecular complexity index is 381. The van der Waals surface area contributed by atoms with Gasteiger partial charge in [-0.15, -0.1) is 0 Å². The summed E-state index contributed by atoms with van der Waals surface area (Å²) in [5.74, 6) is 0. The maximum absolute atomic E-state index is 3.65. The lowest BCUT2D eigenvalue weighted by molar-refractivity contribution is 0.117. The number of benzene rings is 1. The number of nitrogens with one attached hydrogen (secondary N) is 1. The van der Waals surface area contributed by atoms with Gasteiger partial charge in [0.2, 0.25) is 0 Å². The van der Waals surface area contributed by atoms with Gasteiger partial charge in [-0.1, -0.05) is 41.9 Å². The van der Waals surface area contributed by atoms with Crippen molar-refractivity contribution >= 4 is 15.9 Å². The Balaban J connectivity index is 2.04. The average molecular weight is 311 g/mol. The second-order valence-corrected chi connectivity index (χ2v) is 6.05. The molecule has 0 aromatic heterocycles. The van der Waals surface area contributed by atoms with Crippen LogP contribution in [-0.4, -0.2) is 30.1 Å². The van der Waals surface area contributed by atoms with Gasteiger partial charge in [0.05, 0.1) is 0 Å². The average Bonchev–Trinajstić information content (AvgIpc) is 2.38. The molecule has 1 N–H and O–H groups in total. The summed E-state index contributed by atoms with van der Waals surface area (Å²) < 4.78 is 1.18. The second kappa shape index (κ2) is 6.69. The monoisotopic (exact) mass is 310 g/mol. The highest BCUT2D eigenvalue weighted by molar-refractivity contribution is 9.10. The number of halogens is 1. The molecule has 1 aromatic rings. The molecule has 3 heteroatoms. The van der Waals surface area contributed by atoms with Crippen LogP contribution >= 0.6 is 15.9 Å². The molecule has 18 heavy (non-hydrogen) atoms. The van der Waals surface area contributed by atoms with Crippen LogP contribution in [0.4, 0.5) is 0 Å². The van der Waals surface area contributed by atoms with Crippen molar-refractivity contribution in [1.29, 1.82) is 0 Å². The summed E-state index contributed by atoms with van der Waals surface area (Å²) in [4.78, 5) is 2.63. The molecular weight excluding hydrogens is 288 g/mol. The molecule has 1 fully saturated rings. The topological polar surface area (TPSA) is 15.3 Å². The van der Waals surface area contributed by atoms with Crippen molar-refractivity contribution in [3.63, 3.8) is 0 Å². The minimum Gasteiger partial charge on any atom is -0.311 e. The van der Waals surface area contributed by atoms with E-state index in [0.29, 0.717) is 12.1 Å². The van der Waals surface area contributed by atoms with Crippen LogP contribution in [0.1, 0.15) is 32.3 Å². The summed E-state index contributed by atoms with van der Waals surface area (Å²) in [5.41, 5.74) is 1.40. The third kappa shape index (κ3) is 3.56. The molecule has 0 saturated carbocycles. The molecule has 2 nitrogen and oxygen atoms in total. The maximum atomic E-state index is 3.65. The molecule has 100 valence electrons. The molecule has 2 rings (SSSR count). The van der Waals surface area contributed by atoms with Gasteiger partial charge >= 0.3 is 0 Å². The highest BCUT2D eigenvalue weighted by atomic mass is 79.9. The van der Waals surface area contributed by atoms with E-state index >= 15 is 0 Å². The lowest BCUT2D eigenvalue weighted by atomic mass is 10.0. The first kappa shape index (κ1) is 14.0. The fraction of sp³-hybridized carbons (Fsp3) is 0.600. The van der Waals surface area contributed by atoms with Crippen molar-refractivity contribution in [2.45, 2.75) is 45.3 Å². The Morgan fingerprint density at radius 3 is 2.83 bits per heavy atom.